The lowest BCUT2D eigenvalue weighted by atomic mass is 10.1. The Labute approximate surface area is 318 Å². The van der Waals surface area contributed by atoms with Crippen LogP contribution < -0.4 is 25.7 Å². The first kappa shape index (κ1) is 41.5. The molecule has 11 nitrogen and oxygen atoms in total. The Balaban J connectivity index is 0.000000214. The van der Waals surface area contributed by atoms with Crippen LogP contribution in [0.15, 0.2) is 65.6 Å². The number of carbonyl (C=O) groups is 3. The highest BCUT2D eigenvalue weighted by Crippen LogP contribution is 2.46. The zero-order valence-electron chi connectivity index (χ0n) is 30.8. The fourth-order valence-electron chi connectivity index (χ4n) is 6.09. The van der Waals surface area contributed by atoms with Crippen LogP contribution in [0.25, 0.3) is 10.8 Å². The summed E-state index contributed by atoms with van der Waals surface area (Å²) in [5.41, 5.74) is -0.387. The molecule has 14 heteroatoms. The summed E-state index contributed by atoms with van der Waals surface area (Å²) in [7, 11) is 0.103. The molecule has 4 atom stereocenters. The summed E-state index contributed by atoms with van der Waals surface area (Å²) in [6.07, 6.45) is 14.2. The molecule has 3 unspecified atom stereocenters. The standard InChI is InChI=1S/C21H33N3O4S.C10H8ClNO2.C8H10FN/c1-3-4-5-6-7-9-16-14-21(16,19(27)23-29(28)20(2)11-12-20)22-18(26)17-10-8-13-24(17)15-25;1-14-9-5-12-10(13)8-4-6(11)2-3-7(8)9;1-2-10-8-5-3-4-7(9)6-8/h7,9,15-17H,3-6,8,10-14H2,1-2H3,(H,22,26)(H,23,27);2-5H,1H3,(H,12,13);3-6,10H,2H2,1H3/b9-7-;;/t16?,17?,21-,29?;;/m1../s1. The van der Waals surface area contributed by atoms with E-state index in [1.165, 1.54) is 17.0 Å². The Bertz CT molecular complexity index is 1850. The van der Waals surface area contributed by atoms with E-state index >= 15 is 0 Å². The summed E-state index contributed by atoms with van der Waals surface area (Å²) in [5.74, 6) is -0.343. The second-order valence-corrected chi connectivity index (χ2v) is 15.9. The van der Waals surface area contributed by atoms with E-state index in [-0.39, 0.29) is 33.9 Å². The predicted octanol–water partition coefficient (Wildman–Crippen LogP) is 6.40. The Morgan fingerprint density at radius 2 is 1.92 bits per heavy atom. The maximum atomic E-state index is 13.0. The van der Waals surface area contributed by atoms with Crippen molar-refractivity contribution in [1.29, 1.82) is 0 Å². The lowest BCUT2D eigenvalue weighted by molar-refractivity contribution is -0.134. The summed E-state index contributed by atoms with van der Waals surface area (Å²) < 4.78 is 32.3. The first-order valence-electron chi connectivity index (χ1n) is 18.2. The number of unbranched alkanes of at least 4 members (excludes halogenated alkanes) is 3. The number of likely N-dealkylation sites (tertiary alicyclic amines) is 1. The number of allylic oxidation sites excluding steroid dienone is 1. The zero-order chi connectivity index (χ0) is 38.6. The smallest absolute Gasteiger partial charge is 0.258 e. The molecule has 3 aliphatic rings. The number of ether oxygens (including phenoxy) is 1. The first-order valence-corrected chi connectivity index (χ1v) is 19.7. The third kappa shape index (κ3) is 11.1. The lowest BCUT2D eigenvalue weighted by Gasteiger charge is -2.24. The molecule has 0 radical (unpaired) electrons. The van der Waals surface area contributed by atoms with Crippen LogP contribution in [0.1, 0.15) is 78.6 Å². The van der Waals surface area contributed by atoms with Crippen molar-refractivity contribution in [2.75, 3.05) is 25.5 Å². The van der Waals surface area contributed by atoms with E-state index in [2.05, 4.69) is 33.3 Å². The molecule has 2 aliphatic carbocycles. The first-order chi connectivity index (χ1) is 25.4. The molecule has 3 aromatic rings. The lowest BCUT2D eigenvalue weighted by Crippen LogP contribution is -2.55. The van der Waals surface area contributed by atoms with Crippen LogP contribution in [-0.4, -0.2) is 68.8 Å². The van der Waals surface area contributed by atoms with Gasteiger partial charge in [-0.15, -0.1) is 0 Å². The molecule has 4 N–H and O–H groups in total. The Morgan fingerprint density at radius 1 is 1.15 bits per heavy atom. The monoisotopic (exact) mass is 771 g/mol. The van der Waals surface area contributed by atoms with Gasteiger partial charge in [0.1, 0.15) is 34.1 Å². The van der Waals surface area contributed by atoms with Gasteiger partial charge in [0.05, 0.1) is 17.2 Å². The number of rotatable bonds is 14. The number of aromatic amines is 1. The molecule has 288 valence electrons. The minimum absolute atomic E-state index is 0.108. The van der Waals surface area contributed by atoms with E-state index in [1.54, 1.807) is 37.6 Å². The molecule has 2 heterocycles. The van der Waals surface area contributed by atoms with Gasteiger partial charge in [0.2, 0.25) is 12.3 Å². The normalized spacial score (nSPS) is 21.4. The Kier molecular flexibility index (Phi) is 15.0. The Hall–Kier alpha value is -4.23. The molecule has 1 aliphatic heterocycles. The molecule has 53 heavy (non-hydrogen) atoms. The summed E-state index contributed by atoms with van der Waals surface area (Å²) in [6, 6.07) is 11.0. The van der Waals surface area contributed by atoms with Gasteiger partial charge in [-0.1, -0.05) is 49.6 Å². The fourth-order valence-corrected chi connectivity index (χ4v) is 7.33. The number of halogens is 2. The topological polar surface area (TPSA) is 150 Å². The number of aromatic nitrogens is 1. The minimum atomic E-state index is -1.45. The van der Waals surface area contributed by atoms with E-state index in [4.69, 9.17) is 16.3 Å². The highest BCUT2D eigenvalue weighted by atomic mass is 35.5. The van der Waals surface area contributed by atoms with E-state index in [9.17, 15) is 27.8 Å². The number of nitrogens with one attached hydrogen (secondary N) is 4. The van der Waals surface area contributed by atoms with Gasteiger partial charge < -0.3 is 25.3 Å². The van der Waals surface area contributed by atoms with Gasteiger partial charge >= 0.3 is 0 Å². The minimum Gasteiger partial charge on any atom is -0.495 e. The van der Waals surface area contributed by atoms with Gasteiger partial charge in [0, 0.05) is 41.3 Å². The van der Waals surface area contributed by atoms with Crippen molar-refractivity contribution in [1.82, 2.24) is 19.9 Å². The van der Waals surface area contributed by atoms with Crippen molar-refractivity contribution in [3.8, 4) is 5.75 Å². The number of nitrogens with zero attached hydrogens (tertiary/aromatic N) is 1. The molecular formula is C39H51ClFN5O6S. The van der Waals surface area contributed by atoms with Crippen LogP contribution >= 0.6 is 11.6 Å². The molecule has 2 saturated carbocycles. The van der Waals surface area contributed by atoms with Crippen molar-refractivity contribution < 1.29 is 27.7 Å². The SMILES string of the molecule is CCCCC/C=C\C1C[C@]1(NC(=O)C1CCCN1C=O)C(=O)NS(=O)C1(C)CC1.CCNc1cccc(F)c1.COc1c[nH]c(=O)c2cc(Cl)ccc12. The quantitative estimate of drug-likeness (QED) is 0.0842. The van der Waals surface area contributed by atoms with Crippen LogP contribution in [0.3, 0.4) is 0 Å². The maximum absolute atomic E-state index is 13.0. The van der Waals surface area contributed by atoms with E-state index < -0.39 is 22.6 Å². The summed E-state index contributed by atoms with van der Waals surface area (Å²) in [4.78, 5) is 52.6. The van der Waals surface area contributed by atoms with Crippen LogP contribution in [0.4, 0.5) is 10.1 Å². The Morgan fingerprint density at radius 3 is 2.58 bits per heavy atom. The summed E-state index contributed by atoms with van der Waals surface area (Å²) in [5, 5.41) is 7.77. The van der Waals surface area contributed by atoms with Crippen molar-refractivity contribution >= 4 is 57.3 Å². The number of methoxy groups -OCH3 is 1. The number of H-pyrrole nitrogens is 1. The second kappa shape index (κ2) is 19.2. The number of hydrogen-bond acceptors (Lipinski definition) is 7. The van der Waals surface area contributed by atoms with Gasteiger partial charge in [-0.25, -0.2) is 8.60 Å². The highest BCUT2D eigenvalue weighted by molar-refractivity contribution is 7.85. The number of anilines is 1. The number of amides is 3. The number of fused-ring (bicyclic) bond motifs is 1. The number of carbonyl (C=O) groups excluding carboxylic acids is 3. The van der Waals surface area contributed by atoms with Crippen LogP contribution in [0.5, 0.6) is 5.75 Å². The third-order valence-electron chi connectivity index (χ3n) is 9.68. The molecule has 3 amide bonds. The van der Waals surface area contributed by atoms with Crippen LogP contribution in [0.2, 0.25) is 5.02 Å². The fraction of sp³-hybridized carbons (Fsp3) is 0.487. The number of hydrogen-bond donors (Lipinski definition) is 4. The number of benzene rings is 2. The van der Waals surface area contributed by atoms with Gasteiger partial charge in [0.15, 0.2) is 0 Å². The van der Waals surface area contributed by atoms with Crippen LogP contribution in [0, 0.1) is 11.7 Å². The average Bonchev–Trinajstić information content (AvgIpc) is 4.00. The highest BCUT2D eigenvalue weighted by Gasteiger charge is 2.61. The summed E-state index contributed by atoms with van der Waals surface area (Å²) in [6.45, 7) is 7.41. The molecule has 1 aromatic heterocycles. The van der Waals surface area contributed by atoms with Gasteiger partial charge in [0.25, 0.3) is 11.5 Å². The largest absolute Gasteiger partial charge is 0.495 e. The number of pyridine rings is 1. The van der Waals surface area contributed by atoms with E-state index in [0.717, 1.165) is 62.6 Å². The van der Waals surface area contributed by atoms with E-state index in [1.807, 2.05) is 26.0 Å². The predicted molar refractivity (Wildman–Crippen MR) is 209 cm³/mol. The molecule has 0 spiro atoms. The van der Waals surface area contributed by atoms with E-state index in [0.29, 0.717) is 42.0 Å². The van der Waals surface area contributed by atoms with Crippen LogP contribution in [-0.2, 0) is 25.4 Å². The maximum Gasteiger partial charge on any atom is 0.258 e. The van der Waals surface area contributed by atoms with Crippen molar-refractivity contribution in [3.63, 3.8) is 0 Å². The average molecular weight is 772 g/mol. The molecule has 1 saturated heterocycles. The second-order valence-electron chi connectivity index (χ2n) is 13.8. The molecular weight excluding hydrogens is 721 g/mol. The molecule has 3 fully saturated rings. The summed E-state index contributed by atoms with van der Waals surface area (Å²) >= 11 is 5.79. The van der Waals surface area contributed by atoms with Crippen molar-refractivity contribution in [3.05, 3.63) is 82.0 Å². The third-order valence-corrected chi connectivity index (χ3v) is 11.6. The van der Waals surface area contributed by atoms with Crippen molar-refractivity contribution in [2.45, 2.75) is 94.9 Å². The molecule has 6 rings (SSSR count). The van der Waals surface area contributed by atoms with Gasteiger partial charge in [-0.2, -0.15) is 0 Å². The van der Waals surface area contributed by atoms with Gasteiger partial charge in [-0.05, 0) is 95.2 Å². The zero-order valence-corrected chi connectivity index (χ0v) is 32.4. The molecule has 0 bridgehead atoms. The molecule has 2 aromatic carbocycles. The van der Waals surface area contributed by atoms with Gasteiger partial charge in [-0.3, -0.25) is 23.9 Å². The van der Waals surface area contributed by atoms with Crippen molar-refractivity contribution in [2.24, 2.45) is 5.92 Å².